The first-order valence-corrected chi connectivity index (χ1v) is 8.12. The van der Waals surface area contributed by atoms with Crippen molar-refractivity contribution in [2.75, 3.05) is 11.6 Å². The van der Waals surface area contributed by atoms with Crippen molar-refractivity contribution in [1.29, 1.82) is 0 Å². The highest BCUT2D eigenvalue weighted by Crippen LogP contribution is 2.22. The fourth-order valence-corrected chi connectivity index (χ4v) is 2.77. The van der Waals surface area contributed by atoms with Gasteiger partial charge in [0.2, 0.25) is 0 Å². The largest absolute Gasteiger partial charge is 0.380 e. The van der Waals surface area contributed by atoms with Gasteiger partial charge in [0.1, 0.15) is 5.82 Å². The van der Waals surface area contributed by atoms with Crippen molar-refractivity contribution in [3.8, 4) is 0 Å². The first-order chi connectivity index (χ1) is 9.38. The highest BCUT2D eigenvalue weighted by molar-refractivity contribution is 7.90. The van der Waals surface area contributed by atoms with Gasteiger partial charge in [0.05, 0.1) is 15.6 Å². The van der Waals surface area contributed by atoms with Crippen molar-refractivity contribution in [3.05, 3.63) is 58.9 Å². The average Bonchev–Trinajstić information content (AvgIpc) is 2.39. The Balaban J connectivity index is 2.21. The lowest BCUT2D eigenvalue weighted by atomic mass is 10.2. The second kappa shape index (κ2) is 5.81. The van der Waals surface area contributed by atoms with E-state index in [4.69, 9.17) is 11.6 Å². The first-order valence-electron chi connectivity index (χ1n) is 5.85. The minimum atomic E-state index is -3.31. The van der Waals surface area contributed by atoms with Crippen molar-refractivity contribution >= 4 is 27.1 Å². The highest BCUT2D eigenvalue weighted by Gasteiger charge is 2.12. The number of hydrogen-bond acceptors (Lipinski definition) is 3. The molecule has 6 heteroatoms. The fraction of sp³-hybridized carbons (Fsp3) is 0.143. The maximum absolute atomic E-state index is 13.3. The molecule has 0 spiro atoms. The second-order valence-electron chi connectivity index (χ2n) is 4.37. The summed E-state index contributed by atoms with van der Waals surface area (Å²) in [5, 5.41) is 3.05. The smallest absolute Gasteiger partial charge is 0.177 e. The Kier molecular flexibility index (Phi) is 4.30. The van der Waals surface area contributed by atoms with E-state index in [-0.39, 0.29) is 9.92 Å². The molecular weight excluding hydrogens is 301 g/mol. The molecule has 0 amide bonds. The molecule has 0 bridgehead atoms. The SMILES string of the molecule is CS(=O)(=O)c1ccccc1NCc1ccc(Cl)c(F)c1. The summed E-state index contributed by atoms with van der Waals surface area (Å²) in [6.45, 7) is 0.306. The quantitative estimate of drug-likeness (QED) is 0.939. The lowest BCUT2D eigenvalue weighted by molar-refractivity contribution is 0.602. The monoisotopic (exact) mass is 313 g/mol. The van der Waals surface area contributed by atoms with E-state index < -0.39 is 15.7 Å². The summed E-state index contributed by atoms with van der Waals surface area (Å²) in [5.41, 5.74) is 1.17. The van der Waals surface area contributed by atoms with Crippen LogP contribution in [0.2, 0.25) is 5.02 Å². The van der Waals surface area contributed by atoms with Gasteiger partial charge >= 0.3 is 0 Å². The van der Waals surface area contributed by atoms with Gasteiger partial charge in [-0.25, -0.2) is 12.8 Å². The van der Waals surface area contributed by atoms with Gasteiger partial charge in [-0.05, 0) is 29.8 Å². The molecule has 0 atom stereocenters. The molecule has 0 saturated carbocycles. The Labute approximate surface area is 122 Å². The molecule has 0 heterocycles. The van der Waals surface area contributed by atoms with Crippen molar-refractivity contribution in [2.24, 2.45) is 0 Å². The molecule has 3 nitrogen and oxygen atoms in total. The number of anilines is 1. The molecule has 0 aliphatic heterocycles. The van der Waals surface area contributed by atoms with Crippen molar-refractivity contribution in [2.45, 2.75) is 11.4 Å². The summed E-state index contributed by atoms with van der Waals surface area (Å²) < 4.78 is 36.6. The van der Waals surface area contributed by atoms with Gasteiger partial charge in [-0.3, -0.25) is 0 Å². The van der Waals surface area contributed by atoms with Gasteiger partial charge < -0.3 is 5.32 Å². The molecule has 0 saturated heterocycles. The van der Waals surface area contributed by atoms with Crippen LogP contribution in [-0.4, -0.2) is 14.7 Å². The summed E-state index contributed by atoms with van der Waals surface area (Å²) in [6.07, 6.45) is 1.15. The summed E-state index contributed by atoms with van der Waals surface area (Å²) >= 11 is 5.61. The molecule has 2 aromatic rings. The Morgan fingerprint density at radius 2 is 1.90 bits per heavy atom. The van der Waals surface area contributed by atoms with Crippen LogP contribution in [0.1, 0.15) is 5.56 Å². The van der Waals surface area contributed by atoms with E-state index >= 15 is 0 Å². The zero-order valence-corrected chi connectivity index (χ0v) is 12.3. The molecule has 0 aliphatic carbocycles. The summed E-state index contributed by atoms with van der Waals surface area (Å²) in [7, 11) is -3.31. The number of rotatable bonds is 4. The number of para-hydroxylation sites is 1. The Bertz CT molecular complexity index is 732. The highest BCUT2D eigenvalue weighted by atomic mass is 35.5. The van der Waals surface area contributed by atoms with Crippen LogP contribution >= 0.6 is 11.6 Å². The lowest BCUT2D eigenvalue weighted by Gasteiger charge is -2.11. The molecule has 2 rings (SSSR count). The normalized spacial score (nSPS) is 11.3. The third-order valence-corrected chi connectivity index (χ3v) is 4.21. The molecule has 0 fully saturated rings. The Morgan fingerprint density at radius 1 is 1.20 bits per heavy atom. The van der Waals surface area contributed by atoms with Crippen LogP contribution in [0.5, 0.6) is 0 Å². The third-order valence-electron chi connectivity index (χ3n) is 2.75. The van der Waals surface area contributed by atoms with E-state index in [0.717, 1.165) is 6.26 Å². The predicted octanol–water partition coefficient (Wildman–Crippen LogP) is 3.49. The molecule has 0 aliphatic rings. The van der Waals surface area contributed by atoms with Crippen molar-refractivity contribution < 1.29 is 12.8 Å². The summed E-state index contributed by atoms with van der Waals surface area (Å²) in [5.74, 6) is -0.498. The minimum absolute atomic E-state index is 0.0605. The van der Waals surface area contributed by atoms with Crippen LogP contribution in [0.15, 0.2) is 47.4 Å². The van der Waals surface area contributed by atoms with E-state index in [1.807, 2.05) is 0 Å². The molecule has 106 valence electrons. The zero-order chi connectivity index (χ0) is 14.8. The second-order valence-corrected chi connectivity index (χ2v) is 6.76. The van der Waals surface area contributed by atoms with Crippen LogP contribution < -0.4 is 5.32 Å². The lowest BCUT2D eigenvalue weighted by Crippen LogP contribution is -2.06. The molecule has 20 heavy (non-hydrogen) atoms. The van der Waals surface area contributed by atoms with Crippen LogP contribution in [-0.2, 0) is 16.4 Å². The Morgan fingerprint density at radius 3 is 2.55 bits per heavy atom. The van der Waals surface area contributed by atoms with Gasteiger partial charge in [-0.1, -0.05) is 29.8 Å². The number of sulfone groups is 1. The van der Waals surface area contributed by atoms with E-state index in [9.17, 15) is 12.8 Å². The van der Waals surface area contributed by atoms with Gasteiger partial charge in [-0.15, -0.1) is 0 Å². The van der Waals surface area contributed by atoms with E-state index in [2.05, 4.69) is 5.32 Å². The summed E-state index contributed by atoms with van der Waals surface area (Å²) in [4.78, 5) is 0.217. The van der Waals surface area contributed by atoms with E-state index in [0.29, 0.717) is 17.8 Å². The predicted molar refractivity (Wildman–Crippen MR) is 78.3 cm³/mol. The Hall–Kier alpha value is -1.59. The van der Waals surface area contributed by atoms with Crippen molar-refractivity contribution in [1.82, 2.24) is 0 Å². The number of nitrogens with one attached hydrogen (secondary N) is 1. The minimum Gasteiger partial charge on any atom is -0.380 e. The number of halogens is 2. The van der Waals surface area contributed by atoms with Crippen molar-refractivity contribution in [3.63, 3.8) is 0 Å². The molecule has 0 radical (unpaired) electrons. The molecule has 1 N–H and O–H groups in total. The molecule has 2 aromatic carbocycles. The van der Waals surface area contributed by atoms with Gasteiger partial charge in [0, 0.05) is 12.8 Å². The van der Waals surface area contributed by atoms with Gasteiger partial charge in [0.25, 0.3) is 0 Å². The van der Waals surface area contributed by atoms with Crippen LogP contribution in [0.4, 0.5) is 10.1 Å². The molecule has 0 unspecified atom stereocenters. The maximum atomic E-state index is 13.3. The first kappa shape index (κ1) is 14.8. The van der Waals surface area contributed by atoms with E-state index in [1.54, 1.807) is 24.3 Å². The standard InChI is InChI=1S/C14H13ClFNO2S/c1-20(18,19)14-5-3-2-4-13(14)17-9-10-6-7-11(15)12(16)8-10/h2-8,17H,9H2,1H3. The maximum Gasteiger partial charge on any atom is 0.177 e. The topological polar surface area (TPSA) is 46.2 Å². The fourth-order valence-electron chi connectivity index (χ4n) is 1.78. The van der Waals surface area contributed by atoms with Crippen LogP contribution in [0.3, 0.4) is 0 Å². The van der Waals surface area contributed by atoms with Crippen LogP contribution in [0.25, 0.3) is 0 Å². The zero-order valence-electron chi connectivity index (χ0n) is 10.7. The van der Waals surface area contributed by atoms with Crippen LogP contribution in [0, 0.1) is 5.82 Å². The summed E-state index contributed by atoms with van der Waals surface area (Å²) in [6, 6.07) is 11.1. The van der Waals surface area contributed by atoms with E-state index in [1.165, 1.54) is 18.2 Å². The van der Waals surface area contributed by atoms with Gasteiger partial charge in [-0.2, -0.15) is 0 Å². The molecular formula is C14H13ClFNO2S. The molecule has 0 aromatic heterocycles. The van der Waals surface area contributed by atoms with Gasteiger partial charge in [0.15, 0.2) is 9.84 Å². The number of hydrogen-bond donors (Lipinski definition) is 1. The third kappa shape index (κ3) is 3.49. The average molecular weight is 314 g/mol. The number of benzene rings is 2.